The predicted octanol–water partition coefficient (Wildman–Crippen LogP) is 1.63. The summed E-state index contributed by atoms with van der Waals surface area (Å²) in [6, 6.07) is 7.39. The first-order chi connectivity index (χ1) is 11.1. The standard InChI is InChI=1S/C16H18N4O2S/c1-16-7-6-14(21)20(16)12(9-23-16)15(22)17-8-13-18-10-4-2-3-5-11(10)19-13/h2-5,12H,6-9H2,1H3,(H,17,22)(H,18,19). The van der Waals surface area contributed by atoms with Gasteiger partial charge in [0.05, 0.1) is 22.4 Å². The third-order valence-electron chi connectivity index (χ3n) is 4.62. The molecular formula is C16H18N4O2S. The minimum Gasteiger partial charge on any atom is -0.347 e. The third-order valence-corrected chi connectivity index (χ3v) is 6.12. The Morgan fingerprint density at radius 1 is 1.52 bits per heavy atom. The van der Waals surface area contributed by atoms with E-state index in [0.717, 1.165) is 23.3 Å². The number of imidazole rings is 1. The Balaban J connectivity index is 1.45. The van der Waals surface area contributed by atoms with Crippen LogP contribution in [0.4, 0.5) is 0 Å². The number of aromatic amines is 1. The first-order valence-electron chi connectivity index (χ1n) is 7.74. The van der Waals surface area contributed by atoms with Gasteiger partial charge in [0.25, 0.3) is 0 Å². The van der Waals surface area contributed by atoms with Crippen molar-refractivity contribution in [2.24, 2.45) is 0 Å². The molecule has 2 unspecified atom stereocenters. The second-order valence-corrected chi connectivity index (χ2v) is 7.69. The minimum atomic E-state index is -0.371. The molecule has 0 radical (unpaired) electrons. The van der Waals surface area contributed by atoms with E-state index < -0.39 is 0 Å². The summed E-state index contributed by atoms with van der Waals surface area (Å²) in [7, 11) is 0. The maximum absolute atomic E-state index is 12.5. The predicted molar refractivity (Wildman–Crippen MR) is 88.7 cm³/mol. The van der Waals surface area contributed by atoms with Crippen LogP contribution >= 0.6 is 11.8 Å². The highest BCUT2D eigenvalue weighted by Crippen LogP contribution is 2.47. The summed E-state index contributed by atoms with van der Waals surface area (Å²) in [5.74, 6) is 1.37. The number of hydrogen-bond acceptors (Lipinski definition) is 4. The number of nitrogens with zero attached hydrogens (tertiary/aromatic N) is 2. The summed E-state index contributed by atoms with van der Waals surface area (Å²) >= 11 is 1.70. The molecule has 2 atom stereocenters. The number of rotatable bonds is 3. The highest BCUT2D eigenvalue weighted by Gasteiger charge is 2.52. The van der Waals surface area contributed by atoms with Crippen LogP contribution in [0.15, 0.2) is 24.3 Å². The van der Waals surface area contributed by atoms with Gasteiger partial charge in [0.15, 0.2) is 0 Å². The zero-order valence-corrected chi connectivity index (χ0v) is 13.7. The summed E-state index contributed by atoms with van der Waals surface area (Å²) in [5, 5.41) is 2.91. The van der Waals surface area contributed by atoms with E-state index in [-0.39, 0.29) is 22.7 Å². The first-order valence-corrected chi connectivity index (χ1v) is 8.73. The Hall–Kier alpha value is -2.02. The Bertz CT molecular complexity index is 756. The molecule has 7 heteroatoms. The van der Waals surface area contributed by atoms with Gasteiger partial charge in [0, 0.05) is 12.2 Å². The first kappa shape index (κ1) is 14.6. The van der Waals surface area contributed by atoms with Crippen molar-refractivity contribution in [2.45, 2.75) is 37.2 Å². The molecule has 3 heterocycles. The highest BCUT2D eigenvalue weighted by atomic mass is 32.2. The molecule has 120 valence electrons. The second kappa shape index (κ2) is 5.26. The molecule has 1 aromatic carbocycles. The fourth-order valence-corrected chi connectivity index (χ4v) is 4.82. The number of amides is 2. The number of H-pyrrole nitrogens is 1. The lowest BCUT2D eigenvalue weighted by Gasteiger charge is -2.29. The fourth-order valence-electron chi connectivity index (χ4n) is 3.39. The van der Waals surface area contributed by atoms with Crippen LogP contribution in [-0.2, 0) is 16.1 Å². The Kier molecular flexibility index (Phi) is 3.33. The van der Waals surface area contributed by atoms with Crippen molar-refractivity contribution in [3.63, 3.8) is 0 Å². The average Bonchev–Trinajstić information content (AvgIpc) is 3.18. The van der Waals surface area contributed by atoms with E-state index in [4.69, 9.17) is 0 Å². The van der Waals surface area contributed by atoms with E-state index in [1.54, 1.807) is 16.7 Å². The number of nitrogens with one attached hydrogen (secondary N) is 2. The van der Waals surface area contributed by atoms with Crippen LogP contribution < -0.4 is 5.32 Å². The maximum atomic E-state index is 12.5. The fraction of sp³-hybridized carbons (Fsp3) is 0.438. The summed E-state index contributed by atoms with van der Waals surface area (Å²) in [4.78, 5) is 33.8. The number of carbonyl (C=O) groups is 2. The Labute approximate surface area is 138 Å². The van der Waals surface area contributed by atoms with Crippen LogP contribution in [0.2, 0.25) is 0 Å². The molecule has 0 aliphatic carbocycles. The molecule has 1 aromatic heterocycles. The lowest BCUT2D eigenvalue weighted by Crippen LogP contribution is -2.49. The van der Waals surface area contributed by atoms with Gasteiger partial charge in [0.1, 0.15) is 11.9 Å². The molecule has 2 saturated heterocycles. The SMILES string of the molecule is CC12CCC(=O)N1C(C(=O)NCc1nc3ccccc3[nH]1)CS2. The van der Waals surface area contributed by atoms with Crippen LogP contribution in [0.1, 0.15) is 25.6 Å². The number of hydrogen-bond donors (Lipinski definition) is 2. The molecule has 6 nitrogen and oxygen atoms in total. The van der Waals surface area contributed by atoms with Crippen molar-refractivity contribution >= 4 is 34.6 Å². The van der Waals surface area contributed by atoms with Crippen molar-refractivity contribution in [1.82, 2.24) is 20.2 Å². The number of fused-ring (bicyclic) bond motifs is 2. The average molecular weight is 330 g/mol. The molecule has 2 aromatic rings. The molecule has 0 spiro atoms. The van der Waals surface area contributed by atoms with Gasteiger partial charge in [-0.25, -0.2) is 4.98 Å². The van der Waals surface area contributed by atoms with Crippen molar-refractivity contribution in [2.75, 3.05) is 5.75 Å². The van der Waals surface area contributed by atoms with Gasteiger partial charge in [-0.3, -0.25) is 9.59 Å². The van der Waals surface area contributed by atoms with Crippen molar-refractivity contribution in [3.05, 3.63) is 30.1 Å². The largest absolute Gasteiger partial charge is 0.347 e. The second-order valence-electron chi connectivity index (χ2n) is 6.18. The zero-order chi connectivity index (χ0) is 16.0. The lowest BCUT2D eigenvalue weighted by atomic mass is 10.2. The number of para-hydroxylation sites is 2. The van der Waals surface area contributed by atoms with Crippen LogP contribution in [0, 0.1) is 0 Å². The molecule has 2 aliphatic rings. The summed E-state index contributed by atoms with van der Waals surface area (Å²) in [6.45, 7) is 2.39. The Morgan fingerprint density at radius 2 is 2.35 bits per heavy atom. The number of aromatic nitrogens is 2. The van der Waals surface area contributed by atoms with E-state index >= 15 is 0 Å². The van der Waals surface area contributed by atoms with E-state index in [9.17, 15) is 9.59 Å². The minimum absolute atomic E-state index is 0.0846. The van der Waals surface area contributed by atoms with Crippen molar-refractivity contribution in [1.29, 1.82) is 0 Å². The van der Waals surface area contributed by atoms with Crippen molar-refractivity contribution in [3.8, 4) is 0 Å². The lowest BCUT2D eigenvalue weighted by molar-refractivity contribution is -0.138. The van der Waals surface area contributed by atoms with Gasteiger partial charge in [-0.05, 0) is 25.5 Å². The molecule has 2 N–H and O–H groups in total. The van der Waals surface area contributed by atoms with E-state index in [1.165, 1.54) is 0 Å². The zero-order valence-electron chi connectivity index (χ0n) is 12.8. The van der Waals surface area contributed by atoms with Gasteiger partial charge < -0.3 is 15.2 Å². The van der Waals surface area contributed by atoms with Gasteiger partial charge in [0.2, 0.25) is 11.8 Å². The topological polar surface area (TPSA) is 78.1 Å². The molecule has 4 rings (SSSR count). The van der Waals surface area contributed by atoms with E-state index in [1.807, 2.05) is 24.3 Å². The Morgan fingerprint density at radius 3 is 3.17 bits per heavy atom. The van der Waals surface area contributed by atoms with Crippen LogP contribution in [-0.4, -0.2) is 43.3 Å². The molecule has 2 amide bonds. The number of thioether (sulfide) groups is 1. The molecule has 2 fully saturated rings. The molecule has 0 bridgehead atoms. The van der Waals surface area contributed by atoms with Crippen LogP contribution in [0.5, 0.6) is 0 Å². The van der Waals surface area contributed by atoms with E-state index in [2.05, 4.69) is 22.2 Å². The van der Waals surface area contributed by atoms with E-state index in [0.29, 0.717) is 18.7 Å². The monoisotopic (exact) mass is 330 g/mol. The van der Waals surface area contributed by atoms with Gasteiger partial charge >= 0.3 is 0 Å². The van der Waals surface area contributed by atoms with Gasteiger partial charge in [-0.15, -0.1) is 11.8 Å². The molecule has 0 saturated carbocycles. The maximum Gasteiger partial charge on any atom is 0.244 e. The molecule has 23 heavy (non-hydrogen) atoms. The van der Waals surface area contributed by atoms with Gasteiger partial charge in [-0.1, -0.05) is 12.1 Å². The third kappa shape index (κ3) is 2.39. The molecule has 2 aliphatic heterocycles. The van der Waals surface area contributed by atoms with Crippen LogP contribution in [0.3, 0.4) is 0 Å². The number of benzene rings is 1. The number of carbonyl (C=O) groups excluding carboxylic acids is 2. The summed E-state index contributed by atoms with van der Waals surface area (Å²) in [6.07, 6.45) is 1.36. The highest BCUT2D eigenvalue weighted by molar-refractivity contribution is 8.01. The smallest absolute Gasteiger partial charge is 0.244 e. The normalized spacial score (nSPS) is 26.7. The summed E-state index contributed by atoms with van der Waals surface area (Å²) in [5.41, 5.74) is 1.84. The molecular weight excluding hydrogens is 312 g/mol. The summed E-state index contributed by atoms with van der Waals surface area (Å²) < 4.78 is 0. The van der Waals surface area contributed by atoms with Crippen LogP contribution in [0.25, 0.3) is 11.0 Å². The van der Waals surface area contributed by atoms with Crippen molar-refractivity contribution < 1.29 is 9.59 Å². The van der Waals surface area contributed by atoms with Gasteiger partial charge in [-0.2, -0.15) is 0 Å². The quantitative estimate of drug-likeness (QED) is 0.897.